The first-order valence-electron chi connectivity index (χ1n) is 8.22. The molecule has 3 N–H and O–H groups in total. The fraction of sp³-hybridized carbons (Fsp3) is 0.158. The van der Waals surface area contributed by atoms with Gasteiger partial charge in [-0.2, -0.15) is 0 Å². The molecular formula is C19H16ClN3O4S. The summed E-state index contributed by atoms with van der Waals surface area (Å²) in [7, 11) is 0. The van der Waals surface area contributed by atoms with E-state index in [1.54, 1.807) is 36.6 Å². The molecule has 0 aliphatic heterocycles. The van der Waals surface area contributed by atoms with Crippen molar-refractivity contribution in [3.63, 3.8) is 0 Å². The number of aryl methyl sites for hydroxylation is 1. The Balaban J connectivity index is 1.75. The number of hydrogen-bond donors (Lipinski definition) is 2. The van der Waals surface area contributed by atoms with E-state index in [2.05, 4.69) is 10.3 Å². The van der Waals surface area contributed by atoms with E-state index in [1.807, 2.05) is 0 Å². The van der Waals surface area contributed by atoms with Crippen molar-refractivity contribution in [2.45, 2.75) is 20.0 Å². The van der Waals surface area contributed by atoms with Crippen LogP contribution in [0.2, 0.25) is 5.02 Å². The van der Waals surface area contributed by atoms with Gasteiger partial charge in [-0.3, -0.25) is 14.6 Å². The lowest BCUT2D eigenvalue weighted by atomic mass is 10.1. The van der Waals surface area contributed by atoms with Gasteiger partial charge in [-0.1, -0.05) is 11.6 Å². The number of amides is 2. The van der Waals surface area contributed by atoms with E-state index < -0.39 is 23.9 Å². The Morgan fingerprint density at radius 2 is 1.96 bits per heavy atom. The minimum absolute atomic E-state index is 0.198. The number of nitrogens with two attached hydrogens (primary N) is 1. The van der Waals surface area contributed by atoms with Gasteiger partial charge in [-0.05, 0) is 49.6 Å². The van der Waals surface area contributed by atoms with Crippen molar-refractivity contribution in [3.05, 3.63) is 57.6 Å². The summed E-state index contributed by atoms with van der Waals surface area (Å²) in [6.45, 7) is 3.12. The molecule has 2 aromatic heterocycles. The first-order chi connectivity index (χ1) is 13.3. The number of carbonyl (C=O) groups excluding carboxylic acids is 3. The molecule has 144 valence electrons. The molecule has 0 bridgehead atoms. The van der Waals surface area contributed by atoms with Crippen LogP contribution in [-0.4, -0.2) is 28.9 Å². The predicted octanol–water partition coefficient (Wildman–Crippen LogP) is 3.54. The smallest absolute Gasteiger partial charge is 0.340 e. The third kappa shape index (κ3) is 4.13. The number of ether oxygens (including phenoxy) is 1. The minimum atomic E-state index is -1.09. The third-order valence-corrected chi connectivity index (χ3v) is 5.07. The van der Waals surface area contributed by atoms with Gasteiger partial charge in [-0.15, -0.1) is 11.3 Å². The zero-order chi connectivity index (χ0) is 20.4. The van der Waals surface area contributed by atoms with Gasteiger partial charge in [-0.25, -0.2) is 4.79 Å². The highest BCUT2D eigenvalue weighted by molar-refractivity contribution is 7.14. The number of anilines is 1. The Kier molecular flexibility index (Phi) is 5.62. The number of fused-ring (bicyclic) bond motifs is 1. The van der Waals surface area contributed by atoms with Crippen LogP contribution < -0.4 is 11.1 Å². The number of pyridine rings is 1. The Morgan fingerprint density at radius 3 is 2.68 bits per heavy atom. The molecule has 2 amide bonds. The van der Waals surface area contributed by atoms with Crippen LogP contribution in [0.15, 0.2) is 35.7 Å². The summed E-state index contributed by atoms with van der Waals surface area (Å²) in [5, 5.41) is 5.69. The van der Waals surface area contributed by atoms with E-state index in [4.69, 9.17) is 22.1 Å². The third-order valence-electron chi connectivity index (χ3n) is 4.01. The fourth-order valence-electron chi connectivity index (χ4n) is 2.54. The molecule has 0 saturated carbocycles. The van der Waals surface area contributed by atoms with E-state index in [0.717, 1.165) is 11.3 Å². The lowest BCUT2D eigenvalue weighted by Crippen LogP contribution is -2.30. The zero-order valence-corrected chi connectivity index (χ0v) is 16.6. The maximum atomic E-state index is 12.5. The SMILES string of the molecule is Cc1nc2ccc(Cl)cc2cc1C(=O)OC(C)C(=O)Nc1sccc1C(N)=O. The Bertz CT molecular complexity index is 1100. The number of nitrogens with zero attached hydrogens (tertiary/aromatic N) is 1. The number of hydrogen-bond acceptors (Lipinski definition) is 6. The van der Waals surface area contributed by atoms with Crippen molar-refractivity contribution >= 4 is 56.6 Å². The van der Waals surface area contributed by atoms with Crippen molar-refractivity contribution < 1.29 is 19.1 Å². The van der Waals surface area contributed by atoms with Gasteiger partial charge >= 0.3 is 5.97 Å². The van der Waals surface area contributed by atoms with Crippen molar-refractivity contribution in [3.8, 4) is 0 Å². The van der Waals surface area contributed by atoms with E-state index in [0.29, 0.717) is 26.6 Å². The highest BCUT2D eigenvalue weighted by Gasteiger charge is 2.23. The van der Waals surface area contributed by atoms with Crippen LogP contribution in [0.3, 0.4) is 0 Å². The van der Waals surface area contributed by atoms with Gasteiger partial charge in [0.25, 0.3) is 11.8 Å². The standard InChI is InChI=1S/C19H16ClN3O4S/c1-9-14(8-11-7-12(20)3-4-15(11)22-9)19(26)27-10(2)17(25)23-18-13(16(21)24)5-6-28-18/h3-8,10H,1-2H3,(H2,21,24)(H,23,25). The number of esters is 1. The topological polar surface area (TPSA) is 111 Å². The van der Waals surface area contributed by atoms with Crippen LogP contribution in [0.1, 0.15) is 33.3 Å². The summed E-state index contributed by atoms with van der Waals surface area (Å²) >= 11 is 7.14. The summed E-state index contributed by atoms with van der Waals surface area (Å²) < 4.78 is 5.27. The molecule has 1 atom stereocenters. The van der Waals surface area contributed by atoms with Crippen LogP contribution in [0, 0.1) is 6.92 Å². The van der Waals surface area contributed by atoms with Crippen LogP contribution in [0.4, 0.5) is 5.00 Å². The minimum Gasteiger partial charge on any atom is -0.449 e. The molecule has 0 aliphatic rings. The van der Waals surface area contributed by atoms with Crippen LogP contribution in [-0.2, 0) is 9.53 Å². The number of thiophene rings is 1. The van der Waals surface area contributed by atoms with Crippen molar-refractivity contribution in [1.82, 2.24) is 4.98 Å². The first kappa shape index (κ1) is 19.8. The van der Waals surface area contributed by atoms with E-state index in [9.17, 15) is 14.4 Å². The lowest BCUT2D eigenvalue weighted by Gasteiger charge is -2.14. The summed E-state index contributed by atoms with van der Waals surface area (Å²) in [6, 6.07) is 8.30. The number of halogens is 1. The van der Waals surface area contributed by atoms with Gasteiger partial charge in [0, 0.05) is 10.4 Å². The number of rotatable bonds is 5. The molecule has 28 heavy (non-hydrogen) atoms. The maximum absolute atomic E-state index is 12.5. The molecule has 0 aliphatic carbocycles. The maximum Gasteiger partial charge on any atom is 0.340 e. The highest BCUT2D eigenvalue weighted by atomic mass is 35.5. The van der Waals surface area contributed by atoms with Gasteiger partial charge < -0.3 is 15.8 Å². The lowest BCUT2D eigenvalue weighted by molar-refractivity contribution is -0.123. The molecule has 7 nitrogen and oxygen atoms in total. The van der Waals surface area contributed by atoms with Gasteiger partial charge in [0.2, 0.25) is 0 Å². The fourth-order valence-corrected chi connectivity index (χ4v) is 3.52. The molecule has 1 aromatic carbocycles. The quantitative estimate of drug-likeness (QED) is 0.616. The molecule has 0 saturated heterocycles. The van der Waals surface area contributed by atoms with Crippen LogP contribution in [0.5, 0.6) is 0 Å². The average molecular weight is 418 g/mol. The molecular weight excluding hydrogens is 402 g/mol. The molecule has 3 rings (SSSR count). The number of carbonyl (C=O) groups is 3. The molecule has 0 spiro atoms. The average Bonchev–Trinajstić information content (AvgIpc) is 3.09. The molecule has 1 unspecified atom stereocenters. The number of nitrogens with one attached hydrogen (secondary N) is 1. The Labute approximate surface area is 169 Å². The largest absolute Gasteiger partial charge is 0.449 e. The monoisotopic (exact) mass is 417 g/mol. The van der Waals surface area contributed by atoms with Crippen LogP contribution in [0.25, 0.3) is 10.9 Å². The highest BCUT2D eigenvalue weighted by Crippen LogP contribution is 2.24. The molecule has 3 aromatic rings. The zero-order valence-electron chi connectivity index (χ0n) is 15.0. The first-order valence-corrected chi connectivity index (χ1v) is 9.48. The van der Waals surface area contributed by atoms with Crippen molar-refractivity contribution in [2.75, 3.05) is 5.32 Å². The molecule has 0 radical (unpaired) electrons. The molecule has 9 heteroatoms. The normalized spacial score (nSPS) is 11.8. The van der Waals surface area contributed by atoms with Gasteiger partial charge in [0.1, 0.15) is 5.00 Å². The summed E-state index contributed by atoms with van der Waals surface area (Å²) in [5.74, 6) is -1.92. The van der Waals surface area contributed by atoms with Crippen molar-refractivity contribution in [2.24, 2.45) is 5.73 Å². The molecule has 0 fully saturated rings. The van der Waals surface area contributed by atoms with Crippen molar-refractivity contribution in [1.29, 1.82) is 0 Å². The number of benzene rings is 1. The van der Waals surface area contributed by atoms with E-state index in [-0.39, 0.29) is 11.1 Å². The van der Waals surface area contributed by atoms with E-state index in [1.165, 1.54) is 13.0 Å². The second kappa shape index (κ2) is 7.95. The summed E-state index contributed by atoms with van der Waals surface area (Å²) in [4.78, 5) is 40.6. The predicted molar refractivity (Wildman–Crippen MR) is 108 cm³/mol. The Hall–Kier alpha value is -2.97. The van der Waals surface area contributed by atoms with Gasteiger partial charge in [0.15, 0.2) is 6.10 Å². The second-order valence-electron chi connectivity index (χ2n) is 6.02. The Morgan fingerprint density at radius 1 is 1.21 bits per heavy atom. The summed E-state index contributed by atoms with van der Waals surface area (Å²) in [5.41, 5.74) is 6.86. The number of primary amides is 1. The number of aromatic nitrogens is 1. The van der Waals surface area contributed by atoms with E-state index >= 15 is 0 Å². The van der Waals surface area contributed by atoms with Gasteiger partial charge in [0.05, 0.1) is 22.3 Å². The summed E-state index contributed by atoms with van der Waals surface area (Å²) in [6.07, 6.45) is -1.09. The molecule has 2 heterocycles. The second-order valence-corrected chi connectivity index (χ2v) is 7.38. The van der Waals surface area contributed by atoms with Crippen LogP contribution >= 0.6 is 22.9 Å².